The van der Waals surface area contributed by atoms with E-state index in [1.54, 1.807) is 31.0 Å². The van der Waals surface area contributed by atoms with E-state index in [0.29, 0.717) is 6.61 Å². The molecule has 3 nitrogen and oxygen atoms in total. The van der Waals surface area contributed by atoms with Gasteiger partial charge < -0.3 is 9.47 Å². The summed E-state index contributed by atoms with van der Waals surface area (Å²) in [6.45, 7) is 3.23. The molecule has 0 aliphatic carbocycles. The van der Waals surface area contributed by atoms with Gasteiger partial charge in [0.25, 0.3) is 0 Å². The normalized spacial score (nSPS) is 18.1. The molecule has 0 unspecified atom stereocenters. The monoisotopic (exact) mass is 423 g/mol. The summed E-state index contributed by atoms with van der Waals surface area (Å²) in [5.74, 6) is 0.593. The molecule has 5 heteroatoms. The molecule has 156 valence electrons. The molecular weight excluding hydrogens is 397 g/mol. The van der Waals surface area contributed by atoms with Gasteiger partial charge in [-0.05, 0) is 35.4 Å². The molecule has 1 aliphatic rings. The molecule has 1 aliphatic heterocycles. The molecule has 0 amide bonds. The first kappa shape index (κ1) is 20.9. The van der Waals surface area contributed by atoms with Crippen LogP contribution in [0.2, 0.25) is 0 Å². The quantitative estimate of drug-likeness (QED) is 0.463. The SMILES string of the molecule is COc1ccccc1S[C@@H](c1cccc(F)c1)[C@@H]1CN(Cc2ccccc2)CCO1. The van der Waals surface area contributed by atoms with Crippen LogP contribution in [0.3, 0.4) is 0 Å². The van der Waals surface area contributed by atoms with Gasteiger partial charge in [0.2, 0.25) is 0 Å². The zero-order chi connectivity index (χ0) is 20.8. The lowest BCUT2D eigenvalue weighted by atomic mass is 10.1. The summed E-state index contributed by atoms with van der Waals surface area (Å²) in [6.07, 6.45) is -0.0563. The lowest BCUT2D eigenvalue weighted by molar-refractivity contribution is -0.0320. The summed E-state index contributed by atoms with van der Waals surface area (Å²) in [5.41, 5.74) is 2.22. The summed E-state index contributed by atoms with van der Waals surface area (Å²) < 4.78 is 25.8. The fourth-order valence-electron chi connectivity index (χ4n) is 3.80. The molecule has 0 radical (unpaired) electrons. The van der Waals surface area contributed by atoms with Gasteiger partial charge >= 0.3 is 0 Å². The minimum Gasteiger partial charge on any atom is -0.496 e. The maximum Gasteiger partial charge on any atom is 0.132 e. The average Bonchev–Trinajstić information content (AvgIpc) is 2.78. The second kappa shape index (κ2) is 10.1. The van der Waals surface area contributed by atoms with Gasteiger partial charge in [-0.3, -0.25) is 4.90 Å². The van der Waals surface area contributed by atoms with Gasteiger partial charge in [-0.1, -0.05) is 54.6 Å². The number of benzene rings is 3. The molecule has 0 N–H and O–H groups in total. The van der Waals surface area contributed by atoms with Crippen molar-refractivity contribution in [3.63, 3.8) is 0 Å². The van der Waals surface area contributed by atoms with Crippen LogP contribution in [0.5, 0.6) is 5.75 Å². The Morgan fingerprint density at radius 2 is 1.87 bits per heavy atom. The van der Waals surface area contributed by atoms with Gasteiger partial charge in [0.15, 0.2) is 0 Å². The summed E-state index contributed by atoms with van der Waals surface area (Å²) >= 11 is 1.67. The fraction of sp³-hybridized carbons (Fsp3) is 0.280. The largest absolute Gasteiger partial charge is 0.496 e. The molecule has 1 fully saturated rings. The van der Waals surface area contributed by atoms with Crippen molar-refractivity contribution in [2.24, 2.45) is 0 Å². The molecule has 30 heavy (non-hydrogen) atoms. The average molecular weight is 424 g/mol. The molecule has 0 aromatic heterocycles. The number of morpholine rings is 1. The second-order valence-corrected chi connectivity index (χ2v) is 8.56. The summed E-state index contributed by atoms with van der Waals surface area (Å²) in [4.78, 5) is 3.44. The van der Waals surface area contributed by atoms with Crippen molar-refractivity contribution in [3.8, 4) is 5.75 Å². The summed E-state index contributed by atoms with van der Waals surface area (Å²) in [5, 5.41) is -0.0458. The minimum absolute atomic E-state index is 0.0458. The van der Waals surface area contributed by atoms with E-state index in [-0.39, 0.29) is 17.2 Å². The predicted molar refractivity (Wildman–Crippen MR) is 119 cm³/mol. The molecule has 0 spiro atoms. The highest BCUT2D eigenvalue weighted by Crippen LogP contribution is 2.43. The third-order valence-electron chi connectivity index (χ3n) is 5.26. The maximum atomic E-state index is 14.1. The molecule has 0 bridgehead atoms. The molecular formula is C25H26FNO2S. The van der Waals surface area contributed by atoms with Crippen LogP contribution in [-0.2, 0) is 11.3 Å². The zero-order valence-corrected chi connectivity index (χ0v) is 17.9. The number of thioether (sulfide) groups is 1. The number of hydrogen-bond acceptors (Lipinski definition) is 4. The van der Waals surface area contributed by atoms with Crippen LogP contribution in [0, 0.1) is 5.82 Å². The van der Waals surface area contributed by atoms with Crippen LogP contribution in [0.4, 0.5) is 4.39 Å². The number of ether oxygens (including phenoxy) is 2. The molecule has 2 atom stereocenters. The Bertz CT molecular complexity index is 953. The zero-order valence-electron chi connectivity index (χ0n) is 17.0. The highest BCUT2D eigenvalue weighted by Gasteiger charge is 2.31. The Kier molecular flexibility index (Phi) is 7.05. The Hall–Kier alpha value is -2.34. The number of para-hydroxylation sites is 1. The number of rotatable bonds is 7. The van der Waals surface area contributed by atoms with Crippen LogP contribution in [0.25, 0.3) is 0 Å². The molecule has 4 rings (SSSR count). The lowest BCUT2D eigenvalue weighted by Gasteiger charge is -2.37. The van der Waals surface area contributed by atoms with Crippen LogP contribution < -0.4 is 4.74 Å². The van der Waals surface area contributed by atoms with E-state index in [0.717, 1.165) is 35.8 Å². The standard InChI is InChI=1S/C25H26FNO2S/c1-28-22-12-5-6-13-24(22)30-25(20-10-7-11-21(26)16-20)23-18-27(14-15-29-23)17-19-8-3-2-4-9-19/h2-13,16,23,25H,14-15,17-18H2,1H3/t23-,25-/m0/s1. The van der Waals surface area contributed by atoms with E-state index >= 15 is 0 Å². The smallest absolute Gasteiger partial charge is 0.132 e. The van der Waals surface area contributed by atoms with Crippen molar-refractivity contribution < 1.29 is 13.9 Å². The van der Waals surface area contributed by atoms with Crippen molar-refractivity contribution in [2.75, 3.05) is 26.8 Å². The first-order valence-electron chi connectivity index (χ1n) is 10.2. The van der Waals surface area contributed by atoms with Crippen molar-refractivity contribution in [3.05, 3.63) is 95.8 Å². The lowest BCUT2D eigenvalue weighted by Crippen LogP contribution is -2.44. The van der Waals surface area contributed by atoms with E-state index in [4.69, 9.17) is 9.47 Å². The topological polar surface area (TPSA) is 21.7 Å². The van der Waals surface area contributed by atoms with Gasteiger partial charge in [-0.2, -0.15) is 0 Å². The molecule has 0 saturated carbocycles. The first-order chi connectivity index (χ1) is 14.7. The van der Waals surface area contributed by atoms with Crippen LogP contribution >= 0.6 is 11.8 Å². The van der Waals surface area contributed by atoms with Gasteiger partial charge in [0.05, 0.1) is 30.0 Å². The predicted octanol–water partition coefficient (Wildman–Crippen LogP) is 5.57. The van der Waals surface area contributed by atoms with E-state index in [1.165, 1.54) is 11.6 Å². The van der Waals surface area contributed by atoms with E-state index < -0.39 is 0 Å². The Labute approximate surface area is 181 Å². The highest BCUT2D eigenvalue weighted by molar-refractivity contribution is 7.99. The Morgan fingerprint density at radius 1 is 1.07 bits per heavy atom. The molecule has 1 saturated heterocycles. The molecule has 3 aromatic carbocycles. The third kappa shape index (κ3) is 5.22. The van der Waals surface area contributed by atoms with E-state index in [1.807, 2.05) is 36.4 Å². The summed E-state index contributed by atoms with van der Waals surface area (Å²) in [6, 6.07) is 25.3. The number of nitrogens with zero attached hydrogens (tertiary/aromatic N) is 1. The fourth-order valence-corrected chi connectivity index (χ4v) is 5.09. The van der Waals surface area contributed by atoms with Gasteiger partial charge in [0, 0.05) is 19.6 Å². The number of methoxy groups -OCH3 is 1. The maximum absolute atomic E-state index is 14.1. The highest BCUT2D eigenvalue weighted by atomic mass is 32.2. The van der Waals surface area contributed by atoms with E-state index in [2.05, 4.69) is 29.2 Å². The van der Waals surface area contributed by atoms with Crippen molar-refractivity contribution in [1.29, 1.82) is 0 Å². The van der Waals surface area contributed by atoms with Gasteiger partial charge in [0.1, 0.15) is 11.6 Å². The number of hydrogen-bond donors (Lipinski definition) is 0. The molecule has 1 heterocycles. The first-order valence-corrected chi connectivity index (χ1v) is 11.0. The van der Waals surface area contributed by atoms with Crippen molar-refractivity contribution >= 4 is 11.8 Å². The van der Waals surface area contributed by atoms with Crippen LogP contribution in [0.15, 0.2) is 83.8 Å². The van der Waals surface area contributed by atoms with Crippen LogP contribution in [0.1, 0.15) is 16.4 Å². The van der Waals surface area contributed by atoms with Gasteiger partial charge in [-0.25, -0.2) is 4.39 Å². The van der Waals surface area contributed by atoms with Crippen LogP contribution in [-0.4, -0.2) is 37.8 Å². The second-order valence-electron chi connectivity index (χ2n) is 7.37. The summed E-state index contributed by atoms with van der Waals surface area (Å²) in [7, 11) is 1.68. The van der Waals surface area contributed by atoms with Crippen molar-refractivity contribution in [1.82, 2.24) is 4.90 Å². The van der Waals surface area contributed by atoms with Gasteiger partial charge in [-0.15, -0.1) is 11.8 Å². The third-order valence-corrected chi connectivity index (χ3v) is 6.69. The Balaban J connectivity index is 1.58. The van der Waals surface area contributed by atoms with Crippen molar-refractivity contribution in [2.45, 2.75) is 22.8 Å². The Morgan fingerprint density at radius 3 is 2.67 bits per heavy atom. The van der Waals surface area contributed by atoms with E-state index in [9.17, 15) is 4.39 Å². The number of halogens is 1. The molecule has 3 aromatic rings. The minimum atomic E-state index is -0.227.